The topological polar surface area (TPSA) is 103 Å². The fourth-order valence-electron chi connectivity index (χ4n) is 3.62. The van der Waals surface area contributed by atoms with Crippen molar-refractivity contribution in [2.45, 2.75) is 18.8 Å². The molecular formula is C21H19Cl3N6. The first-order chi connectivity index (χ1) is 14.0. The molecule has 1 aliphatic rings. The van der Waals surface area contributed by atoms with E-state index in [0.29, 0.717) is 22.9 Å². The fraction of sp³-hybridized carbons (Fsp3) is 0.143. The molecule has 2 aromatic carbocycles. The summed E-state index contributed by atoms with van der Waals surface area (Å²) < 4.78 is 0. The summed E-state index contributed by atoms with van der Waals surface area (Å²) >= 11 is 12.5. The van der Waals surface area contributed by atoms with Crippen LogP contribution in [0.4, 0.5) is 0 Å². The molecule has 0 saturated carbocycles. The van der Waals surface area contributed by atoms with Gasteiger partial charge in [0.15, 0.2) is 0 Å². The van der Waals surface area contributed by atoms with Gasteiger partial charge in [0, 0.05) is 21.2 Å². The van der Waals surface area contributed by atoms with Gasteiger partial charge in [-0.25, -0.2) is 0 Å². The second kappa shape index (κ2) is 9.43. The molecular weight excluding hydrogens is 443 g/mol. The minimum Gasteiger partial charge on any atom is -0.369 e. The van der Waals surface area contributed by atoms with Crippen LogP contribution in [0.1, 0.15) is 29.2 Å². The summed E-state index contributed by atoms with van der Waals surface area (Å²) in [6, 6.07) is 15.4. The molecule has 0 aliphatic heterocycles. The Morgan fingerprint density at radius 2 is 1.73 bits per heavy atom. The minimum absolute atomic E-state index is 0. The van der Waals surface area contributed by atoms with Crippen molar-refractivity contribution in [3.8, 4) is 11.1 Å². The lowest BCUT2D eigenvalue weighted by atomic mass is 9.79. The van der Waals surface area contributed by atoms with Crippen molar-refractivity contribution in [3.05, 3.63) is 81.6 Å². The van der Waals surface area contributed by atoms with Gasteiger partial charge in [-0.15, -0.1) is 17.5 Å². The smallest absolute Gasteiger partial charge is 0.211 e. The van der Waals surface area contributed by atoms with Crippen LogP contribution in [0, 0.1) is 0 Å². The van der Waals surface area contributed by atoms with E-state index in [9.17, 15) is 0 Å². The van der Waals surface area contributed by atoms with E-state index >= 15 is 0 Å². The zero-order chi connectivity index (χ0) is 20.4. The predicted octanol–water partition coefficient (Wildman–Crippen LogP) is 4.58. The summed E-state index contributed by atoms with van der Waals surface area (Å²) in [5.74, 6) is -0.00658. The number of nitrogens with zero attached hydrogens (tertiary/aromatic N) is 4. The second-order valence-corrected chi connectivity index (χ2v) is 7.63. The molecule has 9 heteroatoms. The molecule has 0 saturated heterocycles. The monoisotopic (exact) mass is 460 g/mol. The molecule has 0 spiro atoms. The van der Waals surface area contributed by atoms with E-state index in [1.165, 1.54) is 0 Å². The van der Waals surface area contributed by atoms with Crippen LogP contribution < -0.4 is 11.5 Å². The molecule has 1 atom stereocenters. The lowest BCUT2D eigenvalue weighted by molar-refractivity contribution is 0.668. The number of hydrogen-bond acceptors (Lipinski definition) is 4. The van der Waals surface area contributed by atoms with Gasteiger partial charge < -0.3 is 11.5 Å². The predicted molar refractivity (Wildman–Crippen MR) is 125 cm³/mol. The highest BCUT2D eigenvalue weighted by Crippen LogP contribution is 2.38. The Morgan fingerprint density at radius 3 is 2.43 bits per heavy atom. The minimum atomic E-state index is -0.103. The van der Waals surface area contributed by atoms with E-state index < -0.39 is 0 Å². The molecule has 6 nitrogen and oxygen atoms in total. The molecule has 3 aromatic rings. The first-order valence-corrected chi connectivity index (χ1v) is 9.79. The SMILES string of the molecule is Cl.NC(N)=NN=C1CC(c2ccccc2Cl)Cc2nncc(-c3ccc(Cl)cc3)c21. The van der Waals surface area contributed by atoms with Gasteiger partial charge in [0.2, 0.25) is 5.96 Å². The molecule has 1 heterocycles. The molecule has 1 aliphatic carbocycles. The van der Waals surface area contributed by atoms with Crippen molar-refractivity contribution in [3.63, 3.8) is 0 Å². The number of hydrogen-bond donors (Lipinski definition) is 2. The van der Waals surface area contributed by atoms with Crippen LogP contribution in [-0.4, -0.2) is 21.9 Å². The number of nitrogens with two attached hydrogens (primary N) is 2. The molecule has 4 rings (SSSR count). The Labute approximate surface area is 190 Å². The fourth-order valence-corrected chi connectivity index (χ4v) is 4.03. The van der Waals surface area contributed by atoms with Gasteiger partial charge in [-0.1, -0.05) is 53.5 Å². The van der Waals surface area contributed by atoms with Gasteiger partial charge in [-0.3, -0.25) is 0 Å². The molecule has 4 N–H and O–H groups in total. The van der Waals surface area contributed by atoms with Crippen molar-refractivity contribution < 1.29 is 0 Å². The average Bonchev–Trinajstić information content (AvgIpc) is 2.72. The van der Waals surface area contributed by atoms with Crippen molar-refractivity contribution in [1.82, 2.24) is 10.2 Å². The van der Waals surface area contributed by atoms with Gasteiger partial charge in [-0.2, -0.15) is 15.3 Å². The summed E-state index contributed by atoms with van der Waals surface area (Å²) in [5.41, 5.74) is 16.4. The maximum Gasteiger partial charge on any atom is 0.211 e. The molecule has 0 bridgehead atoms. The van der Waals surface area contributed by atoms with E-state index in [4.69, 9.17) is 34.7 Å². The van der Waals surface area contributed by atoms with E-state index in [1.807, 2.05) is 48.5 Å². The number of benzene rings is 2. The lowest BCUT2D eigenvalue weighted by Gasteiger charge is -2.27. The van der Waals surface area contributed by atoms with Crippen LogP contribution in [0.2, 0.25) is 10.0 Å². The zero-order valence-corrected chi connectivity index (χ0v) is 18.1. The van der Waals surface area contributed by atoms with Crippen LogP contribution >= 0.6 is 35.6 Å². The molecule has 30 heavy (non-hydrogen) atoms. The Morgan fingerprint density at radius 1 is 1.00 bits per heavy atom. The van der Waals surface area contributed by atoms with Crippen molar-refractivity contribution in [2.24, 2.45) is 21.7 Å². The first kappa shape index (κ1) is 22.0. The summed E-state index contributed by atoms with van der Waals surface area (Å²) in [4.78, 5) is 0. The second-order valence-electron chi connectivity index (χ2n) is 6.79. The highest BCUT2D eigenvalue weighted by Gasteiger charge is 2.30. The van der Waals surface area contributed by atoms with E-state index in [0.717, 1.165) is 33.7 Å². The van der Waals surface area contributed by atoms with Crippen molar-refractivity contribution >= 4 is 47.3 Å². The Kier molecular flexibility index (Phi) is 6.92. The zero-order valence-electron chi connectivity index (χ0n) is 15.8. The Hall–Kier alpha value is -2.67. The van der Waals surface area contributed by atoms with Gasteiger partial charge in [0.25, 0.3) is 0 Å². The van der Waals surface area contributed by atoms with Crippen LogP contribution in [0.3, 0.4) is 0 Å². The van der Waals surface area contributed by atoms with Gasteiger partial charge in [-0.05, 0) is 48.1 Å². The highest BCUT2D eigenvalue weighted by molar-refractivity contribution is 6.31. The maximum absolute atomic E-state index is 6.45. The quantitative estimate of drug-likeness (QED) is 0.338. The number of fused-ring (bicyclic) bond motifs is 1. The normalized spacial score (nSPS) is 16.5. The number of guanidine groups is 1. The third kappa shape index (κ3) is 4.56. The summed E-state index contributed by atoms with van der Waals surface area (Å²) in [6.45, 7) is 0. The largest absolute Gasteiger partial charge is 0.369 e. The molecule has 1 aromatic heterocycles. The van der Waals surface area contributed by atoms with Gasteiger partial charge >= 0.3 is 0 Å². The molecule has 154 valence electrons. The number of rotatable bonds is 3. The third-order valence-corrected chi connectivity index (χ3v) is 5.47. The maximum atomic E-state index is 6.45. The number of halogens is 3. The summed E-state index contributed by atoms with van der Waals surface area (Å²) in [7, 11) is 0. The summed E-state index contributed by atoms with van der Waals surface area (Å²) in [6.07, 6.45) is 3.04. The third-order valence-electron chi connectivity index (χ3n) is 4.88. The molecule has 1 unspecified atom stereocenters. The van der Waals surface area contributed by atoms with Crippen molar-refractivity contribution in [1.29, 1.82) is 0 Å². The lowest BCUT2D eigenvalue weighted by Crippen LogP contribution is -2.24. The van der Waals surface area contributed by atoms with E-state index in [1.54, 1.807) is 6.20 Å². The molecule has 0 fully saturated rings. The van der Waals surface area contributed by atoms with Crippen LogP contribution in [0.25, 0.3) is 11.1 Å². The van der Waals surface area contributed by atoms with Crippen LogP contribution in [-0.2, 0) is 6.42 Å². The van der Waals surface area contributed by atoms with Crippen LogP contribution in [0.5, 0.6) is 0 Å². The molecule has 0 radical (unpaired) electrons. The van der Waals surface area contributed by atoms with Crippen LogP contribution in [0.15, 0.2) is 64.9 Å². The highest BCUT2D eigenvalue weighted by atomic mass is 35.5. The van der Waals surface area contributed by atoms with Gasteiger partial charge in [0.1, 0.15) is 0 Å². The average molecular weight is 462 g/mol. The van der Waals surface area contributed by atoms with Gasteiger partial charge in [0.05, 0.1) is 17.6 Å². The van der Waals surface area contributed by atoms with E-state index in [-0.39, 0.29) is 24.3 Å². The summed E-state index contributed by atoms with van der Waals surface area (Å²) in [5, 5.41) is 18.2. The number of aromatic nitrogens is 2. The van der Waals surface area contributed by atoms with E-state index in [2.05, 4.69) is 20.4 Å². The molecule has 0 amide bonds. The first-order valence-electron chi connectivity index (χ1n) is 9.03. The Bertz CT molecular complexity index is 1110. The Balaban J connectivity index is 0.00000256. The standard InChI is InChI=1S/C21H18Cl2N6.ClH/c22-14-7-5-12(6-8-14)16-11-26-27-18-9-13(15-3-1-2-4-17(15)23)10-19(20(16)18)28-29-21(24)25;/h1-8,11,13H,9-10H2,(H4,24,25,29);1H. The van der Waals surface area contributed by atoms with Crippen molar-refractivity contribution in [2.75, 3.05) is 0 Å².